The van der Waals surface area contributed by atoms with E-state index in [2.05, 4.69) is 4.98 Å². The van der Waals surface area contributed by atoms with E-state index in [0.717, 1.165) is 0 Å². The Morgan fingerprint density at radius 3 is 2.48 bits per heavy atom. The standard InChI is InChI=1S/C13H8ClF3N2O2/c14-9-3-7(13(15,16)17)5-19-10(9)12(21)8(4-18)11(20)6-1-2-6/h3,5-6,8H,1-2H2. The van der Waals surface area contributed by atoms with Crippen LogP contribution in [0.5, 0.6) is 0 Å². The number of nitrogens with zero attached hydrogens (tertiary/aromatic N) is 2. The number of rotatable bonds is 4. The third-order valence-electron chi connectivity index (χ3n) is 3.06. The van der Waals surface area contributed by atoms with E-state index in [0.29, 0.717) is 25.1 Å². The maximum Gasteiger partial charge on any atom is 0.417 e. The Bertz CT molecular complexity index is 648. The zero-order valence-corrected chi connectivity index (χ0v) is 11.2. The molecule has 8 heteroatoms. The molecule has 1 aliphatic carbocycles. The van der Waals surface area contributed by atoms with Crippen molar-refractivity contribution in [3.05, 3.63) is 28.5 Å². The lowest BCUT2D eigenvalue weighted by molar-refractivity contribution is -0.137. The number of alkyl halides is 3. The van der Waals surface area contributed by atoms with Crippen molar-refractivity contribution in [2.75, 3.05) is 0 Å². The molecule has 4 nitrogen and oxygen atoms in total. The normalized spacial score (nSPS) is 16.1. The van der Waals surface area contributed by atoms with Gasteiger partial charge < -0.3 is 0 Å². The summed E-state index contributed by atoms with van der Waals surface area (Å²) in [7, 11) is 0. The van der Waals surface area contributed by atoms with Crippen molar-refractivity contribution in [2.24, 2.45) is 11.8 Å². The second-order valence-corrected chi connectivity index (χ2v) is 5.06. The molecule has 1 atom stereocenters. The average Bonchev–Trinajstić information content (AvgIpc) is 3.22. The first kappa shape index (κ1) is 15.4. The Hall–Kier alpha value is -1.94. The van der Waals surface area contributed by atoms with Gasteiger partial charge in [0, 0.05) is 12.1 Å². The van der Waals surface area contributed by atoms with E-state index in [1.165, 1.54) is 0 Å². The van der Waals surface area contributed by atoms with Crippen molar-refractivity contribution < 1.29 is 22.8 Å². The second-order valence-electron chi connectivity index (χ2n) is 4.66. The van der Waals surface area contributed by atoms with E-state index in [-0.39, 0.29) is 5.92 Å². The Kier molecular flexibility index (Phi) is 4.01. The number of hydrogen-bond acceptors (Lipinski definition) is 4. The van der Waals surface area contributed by atoms with Gasteiger partial charge in [0.05, 0.1) is 16.7 Å². The van der Waals surface area contributed by atoms with Crippen LogP contribution in [-0.2, 0) is 11.0 Å². The lowest BCUT2D eigenvalue weighted by Gasteiger charge is -2.10. The molecular formula is C13H8ClF3N2O2. The zero-order valence-electron chi connectivity index (χ0n) is 10.4. The molecule has 1 aromatic heterocycles. The molecule has 0 saturated heterocycles. The summed E-state index contributed by atoms with van der Waals surface area (Å²) in [6, 6.07) is 2.13. The fourth-order valence-electron chi connectivity index (χ4n) is 1.77. The monoisotopic (exact) mass is 316 g/mol. The SMILES string of the molecule is N#CC(C(=O)c1ncc(C(F)(F)F)cc1Cl)C(=O)C1CC1. The molecule has 1 unspecified atom stereocenters. The van der Waals surface area contributed by atoms with E-state index in [1.807, 2.05) is 0 Å². The van der Waals surface area contributed by atoms with Gasteiger partial charge in [0.25, 0.3) is 0 Å². The van der Waals surface area contributed by atoms with Crippen molar-refractivity contribution >= 4 is 23.2 Å². The maximum atomic E-state index is 12.5. The summed E-state index contributed by atoms with van der Waals surface area (Å²) in [4.78, 5) is 27.2. The van der Waals surface area contributed by atoms with Crippen LogP contribution in [0.15, 0.2) is 12.3 Å². The van der Waals surface area contributed by atoms with Crippen molar-refractivity contribution in [3.8, 4) is 6.07 Å². The maximum absolute atomic E-state index is 12.5. The Labute approximate surface area is 122 Å². The molecule has 0 bridgehead atoms. The number of halogens is 4. The molecule has 21 heavy (non-hydrogen) atoms. The minimum atomic E-state index is -4.64. The lowest BCUT2D eigenvalue weighted by atomic mass is 9.95. The molecule has 0 radical (unpaired) electrons. The number of aromatic nitrogens is 1. The topological polar surface area (TPSA) is 70.8 Å². The van der Waals surface area contributed by atoms with Crippen LogP contribution in [0.3, 0.4) is 0 Å². The number of Topliss-reactive ketones (excluding diaryl/α,β-unsaturated/α-hetero) is 2. The van der Waals surface area contributed by atoms with Crippen molar-refractivity contribution in [1.29, 1.82) is 5.26 Å². The van der Waals surface area contributed by atoms with Gasteiger partial charge in [-0.05, 0) is 18.9 Å². The number of hydrogen-bond donors (Lipinski definition) is 0. The number of pyridine rings is 1. The minimum absolute atomic E-state index is 0.327. The highest BCUT2D eigenvalue weighted by atomic mass is 35.5. The quantitative estimate of drug-likeness (QED) is 0.632. The smallest absolute Gasteiger partial charge is 0.297 e. The first-order valence-corrected chi connectivity index (χ1v) is 6.33. The average molecular weight is 317 g/mol. The van der Waals surface area contributed by atoms with E-state index in [9.17, 15) is 22.8 Å². The largest absolute Gasteiger partial charge is 0.417 e. The van der Waals surface area contributed by atoms with Crippen molar-refractivity contribution in [1.82, 2.24) is 4.98 Å². The third kappa shape index (κ3) is 3.22. The van der Waals surface area contributed by atoms with E-state index in [4.69, 9.17) is 16.9 Å². The highest BCUT2D eigenvalue weighted by Crippen LogP contribution is 2.34. The van der Waals surface area contributed by atoms with Crippen LogP contribution in [0.4, 0.5) is 13.2 Å². The number of carbonyl (C=O) groups is 2. The second kappa shape index (κ2) is 5.45. The van der Waals surface area contributed by atoms with Crippen molar-refractivity contribution in [3.63, 3.8) is 0 Å². The molecule has 0 amide bonds. The molecule has 0 N–H and O–H groups in total. The molecule has 1 aromatic rings. The van der Waals surface area contributed by atoms with Crippen LogP contribution >= 0.6 is 11.6 Å². The fraction of sp³-hybridized carbons (Fsp3) is 0.385. The summed E-state index contributed by atoms with van der Waals surface area (Å²) in [6.45, 7) is 0. The molecule has 1 aliphatic rings. The van der Waals surface area contributed by atoms with Crippen LogP contribution in [0.1, 0.15) is 28.9 Å². The van der Waals surface area contributed by atoms with Gasteiger partial charge in [-0.25, -0.2) is 0 Å². The van der Waals surface area contributed by atoms with Crippen LogP contribution in [0.2, 0.25) is 5.02 Å². The number of nitriles is 1. The highest BCUT2D eigenvalue weighted by molar-refractivity contribution is 6.34. The summed E-state index contributed by atoms with van der Waals surface area (Å²) in [6.07, 6.45) is -2.97. The molecule has 110 valence electrons. The molecule has 2 rings (SSSR count). The summed E-state index contributed by atoms with van der Waals surface area (Å²) >= 11 is 5.63. The summed E-state index contributed by atoms with van der Waals surface area (Å²) in [5.41, 5.74) is -1.60. The Morgan fingerprint density at radius 1 is 1.43 bits per heavy atom. The van der Waals surface area contributed by atoms with Crippen molar-refractivity contribution in [2.45, 2.75) is 19.0 Å². The number of carbonyl (C=O) groups excluding carboxylic acids is 2. The molecule has 1 fully saturated rings. The molecule has 0 spiro atoms. The first-order valence-electron chi connectivity index (χ1n) is 5.96. The van der Waals surface area contributed by atoms with E-state index in [1.54, 1.807) is 6.07 Å². The van der Waals surface area contributed by atoms with Gasteiger partial charge in [0.2, 0.25) is 5.78 Å². The summed E-state index contributed by atoms with van der Waals surface area (Å²) in [5.74, 6) is -3.39. The lowest BCUT2D eigenvalue weighted by Crippen LogP contribution is -2.25. The van der Waals surface area contributed by atoms with E-state index < -0.39 is 39.9 Å². The summed E-state index contributed by atoms with van der Waals surface area (Å²) in [5, 5.41) is 8.41. The van der Waals surface area contributed by atoms with Gasteiger partial charge in [-0.1, -0.05) is 11.6 Å². The summed E-state index contributed by atoms with van der Waals surface area (Å²) < 4.78 is 37.4. The van der Waals surface area contributed by atoms with Gasteiger partial charge in [0.1, 0.15) is 5.69 Å². The minimum Gasteiger partial charge on any atom is -0.297 e. The molecule has 0 aromatic carbocycles. The molecule has 1 heterocycles. The predicted octanol–water partition coefficient (Wildman–Crippen LogP) is 3.06. The van der Waals surface area contributed by atoms with Crippen LogP contribution in [-0.4, -0.2) is 16.6 Å². The fourth-order valence-corrected chi connectivity index (χ4v) is 2.03. The van der Waals surface area contributed by atoms with Gasteiger partial charge in [-0.2, -0.15) is 18.4 Å². The third-order valence-corrected chi connectivity index (χ3v) is 3.35. The molecule has 1 saturated carbocycles. The predicted molar refractivity (Wildman–Crippen MR) is 65.4 cm³/mol. The van der Waals surface area contributed by atoms with Crippen LogP contribution < -0.4 is 0 Å². The Balaban J connectivity index is 2.31. The highest BCUT2D eigenvalue weighted by Gasteiger charge is 2.40. The van der Waals surface area contributed by atoms with Crippen LogP contribution in [0.25, 0.3) is 0 Å². The Morgan fingerprint density at radius 2 is 2.05 bits per heavy atom. The first-order chi connectivity index (χ1) is 9.75. The van der Waals surface area contributed by atoms with Gasteiger partial charge in [-0.15, -0.1) is 0 Å². The molecule has 0 aliphatic heterocycles. The number of ketones is 2. The van der Waals surface area contributed by atoms with Gasteiger partial charge >= 0.3 is 6.18 Å². The van der Waals surface area contributed by atoms with Crippen LogP contribution in [0, 0.1) is 23.2 Å². The van der Waals surface area contributed by atoms with Gasteiger partial charge in [-0.3, -0.25) is 14.6 Å². The van der Waals surface area contributed by atoms with E-state index >= 15 is 0 Å². The zero-order chi connectivity index (χ0) is 15.8. The molecular weight excluding hydrogens is 309 g/mol. The van der Waals surface area contributed by atoms with Gasteiger partial charge in [0.15, 0.2) is 11.7 Å².